The van der Waals surface area contributed by atoms with Gasteiger partial charge < -0.3 is 10.2 Å². The lowest BCUT2D eigenvalue weighted by Gasteiger charge is -2.48. The molecule has 1 atom stereocenters. The van der Waals surface area contributed by atoms with E-state index in [0.29, 0.717) is 11.5 Å². The minimum absolute atomic E-state index is 0.352. The van der Waals surface area contributed by atoms with Crippen molar-refractivity contribution < 1.29 is 0 Å². The van der Waals surface area contributed by atoms with Gasteiger partial charge in [0, 0.05) is 30.9 Å². The van der Waals surface area contributed by atoms with Crippen LogP contribution in [-0.4, -0.2) is 30.1 Å². The molecule has 1 saturated heterocycles. The number of fused-ring (bicyclic) bond motifs is 1. The summed E-state index contributed by atoms with van der Waals surface area (Å²) >= 11 is 0. The Morgan fingerprint density at radius 1 is 1.00 bits per heavy atom. The Hall–Kier alpha value is -1.02. The molecule has 2 heterocycles. The average molecular weight is 341 g/mol. The van der Waals surface area contributed by atoms with Crippen LogP contribution in [0.25, 0.3) is 0 Å². The predicted octanol–water partition coefficient (Wildman–Crippen LogP) is 5.80. The summed E-state index contributed by atoms with van der Waals surface area (Å²) in [5, 5.41) is 3.96. The number of para-hydroxylation sites is 1. The van der Waals surface area contributed by atoms with Gasteiger partial charge >= 0.3 is 0 Å². The fraction of sp³-hybridized carbons (Fsp3) is 0.739. The summed E-state index contributed by atoms with van der Waals surface area (Å²) < 4.78 is 0. The van der Waals surface area contributed by atoms with Crippen LogP contribution in [0.1, 0.15) is 82.6 Å². The summed E-state index contributed by atoms with van der Waals surface area (Å²) in [6, 6.07) is 8.96. The highest BCUT2D eigenvalue weighted by Gasteiger charge is 2.39. The van der Waals surface area contributed by atoms with Crippen molar-refractivity contribution >= 4 is 5.69 Å². The van der Waals surface area contributed by atoms with Crippen LogP contribution < -0.4 is 5.32 Å². The van der Waals surface area contributed by atoms with E-state index in [0.717, 1.165) is 5.92 Å². The van der Waals surface area contributed by atoms with E-state index in [9.17, 15) is 0 Å². The SMILES string of the molecule is CC1CC2(CCN(CC3CCCCCCC3)CC2)Nc2ccccc21. The first-order valence-corrected chi connectivity index (χ1v) is 10.8. The second-order valence-corrected chi connectivity index (χ2v) is 9.11. The molecule has 2 heteroatoms. The average Bonchev–Trinajstić information content (AvgIpc) is 2.59. The molecule has 1 unspecified atom stereocenters. The zero-order valence-electron chi connectivity index (χ0n) is 16.1. The highest BCUT2D eigenvalue weighted by atomic mass is 15.2. The maximum absolute atomic E-state index is 3.96. The third-order valence-corrected chi connectivity index (χ3v) is 7.14. The Labute approximate surface area is 154 Å². The number of piperidine rings is 1. The summed E-state index contributed by atoms with van der Waals surface area (Å²) in [6.45, 7) is 6.36. The summed E-state index contributed by atoms with van der Waals surface area (Å²) in [7, 11) is 0. The van der Waals surface area contributed by atoms with Crippen LogP contribution in [0.2, 0.25) is 0 Å². The molecule has 1 spiro atoms. The number of rotatable bonds is 2. The minimum Gasteiger partial charge on any atom is -0.379 e. The summed E-state index contributed by atoms with van der Waals surface area (Å²) in [6.07, 6.45) is 14.3. The largest absolute Gasteiger partial charge is 0.379 e. The molecule has 0 aromatic heterocycles. The number of hydrogen-bond acceptors (Lipinski definition) is 2. The van der Waals surface area contributed by atoms with Gasteiger partial charge in [-0.1, -0.05) is 57.2 Å². The van der Waals surface area contributed by atoms with Crippen LogP contribution in [0.3, 0.4) is 0 Å². The first-order valence-electron chi connectivity index (χ1n) is 10.8. The number of anilines is 1. The number of benzene rings is 1. The van der Waals surface area contributed by atoms with E-state index in [1.807, 2.05) is 0 Å². The standard InChI is InChI=1S/C23H36N2/c1-19-17-23(24-22-12-8-7-11-21(19)22)13-15-25(16-14-23)18-20-9-5-3-2-4-6-10-20/h7-8,11-12,19-20,24H,2-6,9-10,13-18H2,1H3. The number of nitrogens with one attached hydrogen (secondary N) is 1. The van der Waals surface area contributed by atoms with Gasteiger partial charge in [-0.25, -0.2) is 0 Å². The summed E-state index contributed by atoms with van der Waals surface area (Å²) in [4.78, 5) is 2.78. The van der Waals surface area contributed by atoms with Crippen molar-refractivity contribution in [1.29, 1.82) is 0 Å². The molecule has 2 nitrogen and oxygen atoms in total. The molecule has 2 fully saturated rings. The van der Waals surface area contributed by atoms with Crippen molar-refractivity contribution in [3.63, 3.8) is 0 Å². The molecular formula is C23H36N2. The third-order valence-electron chi connectivity index (χ3n) is 7.14. The van der Waals surface area contributed by atoms with Crippen molar-refractivity contribution in [2.75, 3.05) is 25.0 Å². The van der Waals surface area contributed by atoms with Crippen molar-refractivity contribution in [3.05, 3.63) is 29.8 Å². The Bertz CT molecular complexity index is 551. The van der Waals surface area contributed by atoms with E-state index in [4.69, 9.17) is 0 Å². The maximum Gasteiger partial charge on any atom is 0.0404 e. The van der Waals surface area contributed by atoms with Crippen molar-refractivity contribution in [2.24, 2.45) is 5.92 Å². The van der Waals surface area contributed by atoms with Gasteiger partial charge in [0.1, 0.15) is 0 Å². The van der Waals surface area contributed by atoms with Crippen molar-refractivity contribution in [2.45, 2.75) is 82.6 Å². The van der Waals surface area contributed by atoms with Crippen LogP contribution in [0.4, 0.5) is 5.69 Å². The van der Waals surface area contributed by atoms with Gasteiger partial charge in [0.25, 0.3) is 0 Å². The Balaban J connectivity index is 1.34. The summed E-state index contributed by atoms with van der Waals surface area (Å²) in [5.41, 5.74) is 3.27. The molecule has 0 amide bonds. The maximum atomic E-state index is 3.96. The van der Waals surface area contributed by atoms with Gasteiger partial charge in [-0.2, -0.15) is 0 Å². The quantitative estimate of drug-likeness (QED) is 0.732. The molecule has 1 aromatic carbocycles. The minimum atomic E-state index is 0.352. The summed E-state index contributed by atoms with van der Waals surface area (Å²) in [5.74, 6) is 1.66. The molecule has 138 valence electrons. The molecular weight excluding hydrogens is 304 g/mol. The smallest absolute Gasteiger partial charge is 0.0404 e. The Morgan fingerprint density at radius 2 is 1.68 bits per heavy atom. The predicted molar refractivity (Wildman–Crippen MR) is 107 cm³/mol. The highest BCUT2D eigenvalue weighted by molar-refractivity contribution is 5.57. The zero-order valence-corrected chi connectivity index (χ0v) is 16.1. The third kappa shape index (κ3) is 4.05. The lowest BCUT2D eigenvalue weighted by Crippen LogP contribution is -2.52. The molecule has 1 aliphatic carbocycles. The molecule has 2 aliphatic heterocycles. The van der Waals surface area contributed by atoms with Crippen molar-refractivity contribution in [1.82, 2.24) is 4.90 Å². The lowest BCUT2D eigenvalue weighted by molar-refractivity contribution is 0.133. The Morgan fingerprint density at radius 3 is 2.44 bits per heavy atom. The van der Waals surface area contributed by atoms with Gasteiger partial charge in [0.15, 0.2) is 0 Å². The molecule has 0 bridgehead atoms. The monoisotopic (exact) mass is 340 g/mol. The second kappa shape index (κ2) is 7.70. The van der Waals surface area contributed by atoms with Gasteiger partial charge in [-0.05, 0) is 55.6 Å². The first kappa shape index (κ1) is 17.4. The van der Waals surface area contributed by atoms with Crippen LogP contribution in [0.15, 0.2) is 24.3 Å². The van der Waals surface area contributed by atoms with E-state index in [1.54, 1.807) is 0 Å². The zero-order chi connectivity index (χ0) is 17.1. The normalized spacial score (nSPS) is 28.0. The first-order chi connectivity index (χ1) is 12.2. The molecule has 1 aromatic rings. The van der Waals surface area contributed by atoms with Crippen LogP contribution in [0.5, 0.6) is 0 Å². The fourth-order valence-electron chi connectivity index (χ4n) is 5.65. The molecule has 0 radical (unpaired) electrons. The van der Waals surface area contributed by atoms with E-state index >= 15 is 0 Å². The molecule has 3 aliphatic rings. The lowest BCUT2D eigenvalue weighted by atomic mass is 9.74. The number of nitrogens with zero attached hydrogens (tertiary/aromatic N) is 1. The van der Waals surface area contributed by atoms with Gasteiger partial charge in [-0.15, -0.1) is 0 Å². The van der Waals surface area contributed by atoms with Crippen LogP contribution >= 0.6 is 0 Å². The van der Waals surface area contributed by atoms with Gasteiger partial charge in [-0.3, -0.25) is 0 Å². The van der Waals surface area contributed by atoms with E-state index in [2.05, 4.69) is 41.4 Å². The van der Waals surface area contributed by atoms with Gasteiger partial charge in [0.05, 0.1) is 0 Å². The molecule has 1 saturated carbocycles. The number of hydrogen-bond donors (Lipinski definition) is 1. The van der Waals surface area contributed by atoms with E-state index in [-0.39, 0.29) is 0 Å². The van der Waals surface area contributed by atoms with Gasteiger partial charge in [0.2, 0.25) is 0 Å². The number of likely N-dealkylation sites (tertiary alicyclic amines) is 1. The topological polar surface area (TPSA) is 15.3 Å². The van der Waals surface area contributed by atoms with E-state index < -0.39 is 0 Å². The van der Waals surface area contributed by atoms with E-state index in [1.165, 1.54) is 95.1 Å². The molecule has 1 N–H and O–H groups in total. The molecule has 4 rings (SSSR count). The van der Waals surface area contributed by atoms with Crippen LogP contribution in [-0.2, 0) is 0 Å². The fourth-order valence-corrected chi connectivity index (χ4v) is 5.65. The van der Waals surface area contributed by atoms with Crippen LogP contribution in [0, 0.1) is 5.92 Å². The highest BCUT2D eigenvalue weighted by Crippen LogP contribution is 2.43. The Kier molecular flexibility index (Phi) is 5.36. The molecule has 25 heavy (non-hydrogen) atoms. The second-order valence-electron chi connectivity index (χ2n) is 9.11. The van der Waals surface area contributed by atoms with Crippen molar-refractivity contribution in [3.8, 4) is 0 Å².